The van der Waals surface area contributed by atoms with E-state index in [1.807, 2.05) is 6.07 Å². The molecule has 0 saturated carbocycles. The lowest BCUT2D eigenvalue weighted by Gasteiger charge is -2.11. The van der Waals surface area contributed by atoms with Gasteiger partial charge in [0.15, 0.2) is 11.5 Å². The van der Waals surface area contributed by atoms with Gasteiger partial charge in [0.2, 0.25) is 0 Å². The molecule has 0 aromatic heterocycles. The molecule has 0 saturated heterocycles. The summed E-state index contributed by atoms with van der Waals surface area (Å²) in [6.45, 7) is 2.58. The second-order valence-corrected chi connectivity index (χ2v) is 3.95. The van der Waals surface area contributed by atoms with Crippen molar-refractivity contribution in [3.8, 4) is 11.5 Å². The summed E-state index contributed by atoms with van der Waals surface area (Å²) in [5, 5.41) is 3.46. The van der Waals surface area contributed by atoms with Crippen LogP contribution in [0.3, 0.4) is 0 Å². The fourth-order valence-electron chi connectivity index (χ4n) is 1.60. The molecular formula is C14H20N2O4. The first kappa shape index (κ1) is 15.8. The predicted octanol–water partition coefficient (Wildman–Crippen LogP) is 1.71. The van der Waals surface area contributed by atoms with Gasteiger partial charge in [-0.2, -0.15) is 5.10 Å². The van der Waals surface area contributed by atoms with Crippen molar-refractivity contribution in [1.82, 2.24) is 0 Å². The van der Waals surface area contributed by atoms with E-state index in [9.17, 15) is 4.79 Å². The van der Waals surface area contributed by atoms with Crippen LogP contribution in [0, 0.1) is 0 Å². The molecule has 6 heteroatoms. The Bertz CT molecular complexity index is 460. The van der Waals surface area contributed by atoms with E-state index < -0.39 is 0 Å². The number of hydrogen-bond acceptors (Lipinski definition) is 6. The zero-order chi connectivity index (χ0) is 14.8. The van der Waals surface area contributed by atoms with Crippen LogP contribution in [-0.4, -0.2) is 32.5 Å². The molecule has 0 aliphatic rings. The van der Waals surface area contributed by atoms with Gasteiger partial charge in [0.05, 0.1) is 26.5 Å². The van der Waals surface area contributed by atoms with Gasteiger partial charge in [-0.05, 0) is 37.1 Å². The van der Waals surface area contributed by atoms with Crippen molar-refractivity contribution in [1.29, 1.82) is 0 Å². The van der Waals surface area contributed by atoms with E-state index in [-0.39, 0.29) is 5.97 Å². The monoisotopic (exact) mass is 280 g/mol. The number of benzene rings is 1. The minimum absolute atomic E-state index is 0.216. The normalized spacial score (nSPS) is 10.5. The van der Waals surface area contributed by atoms with Crippen LogP contribution in [0.1, 0.15) is 25.3 Å². The zero-order valence-corrected chi connectivity index (χ0v) is 11.8. The average Bonchev–Trinajstić information content (AvgIpc) is 2.44. The van der Waals surface area contributed by atoms with Crippen LogP contribution in [-0.2, 0) is 9.53 Å². The number of carbonyl (C=O) groups excluding carboxylic acids is 1. The second kappa shape index (κ2) is 8.79. The molecule has 0 unspecified atom stereocenters. The molecule has 20 heavy (non-hydrogen) atoms. The first-order valence-electron chi connectivity index (χ1n) is 6.41. The van der Waals surface area contributed by atoms with E-state index in [0.717, 1.165) is 5.56 Å². The highest BCUT2D eigenvalue weighted by molar-refractivity contribution is 5.80. The van der Waals surface area contributed by atoms with Crippen LogP contribution in [0.2, 0.25) is 0 Å². The third-order valence-corrected chi connectivity index (χ3v) is 2.50. The molecule has 110 valence electrons. The van der Waals surface area contributed by atoms with Gasteiger partial charge in [0, 0.05) is 6.42 Å². The summed E-state index contributed by atoms with van der Waals surface area (Å²) < 4.78 is 15.7. The Morgan fingerprint density at radius 1 is 1.40 bits per heavy atom. The SMILES string of the molecule is CCOC(=O)CCCOc1cc(C=NN)ccc1OC. The maximum absolute atomic E-state index is 11.2. The molecular weight excluding hydrogens is 260 g/mol. The van der Waals surface area contributed by atoms with Crippen LogP contribution < -0.4 is 15.3 Å². The van der Waals surface area contributed by atoms with Gasteiger partial charge in [0.1, 0.15) is 0 Å². The van der Waals surface area contributed by atoms with Crippen molar-refractivity contribution in [2.75, 3.05) is 20.3 Å². The third kappa shape index (κ3) is 5.17. The molecule has 2 N–H and O–H groups in total. The van der Waals surface area contributed by atoms with E-state index in [2.05, 4.69) is 5.10 Å². The predicted molar refractivity (Wildman–Crippen MR) is 76.1 cm³/mol. The molecule has 0 bridgehead atoms. The number of nitrogens with zero attached hydrogens (tertiary/aromatic N) is 1. The minimum atomic E-state index is -0.216. The van der Waals surface area contributed by atoms with Gasteiger partial charge in [0.25, 0.3) is 0 Å². The van der Waals surface area contributed by atoms with Crippen molar-refractivity contribution < 1.29 is 19.0 Å². The van der Waals surface area contributed by atoms with Gasteiger partial charge < -0.3 is 20.1 Å². The van der Waals surface area contributed by atoms with E-state index in [1.165, 1.54) is 6.21 Å². The Morgan fingerprint density at radius 2 is 2.20 bits per heavy atom. The number of carbonyl (C=O) groups is 1. The third-order valence-electron chi connectivity index (χ3n) is 2.50. The highest BCUT2D eigenvalue weighted by atomic mass is 16.5. The number of nitrogens with two attached hydrogens (primary N) is 1. The molecule has 6 nitrogen and oxygen atoms in total. The molecule has 1 aromatic carbocycles. The lowest BCUT2D eigenvalue weighted by Crippen LogP contribution is -2.07. The maximum atomic E-state index is 11.2. The fourth-order valence-corrected chi connectivity index (χ4v) is 1.60. The van der Waals surface area contributed by atoms with Crippen LogP contribution in [0.25, 0.3) is 0 Å². The smallest absolute Gasteiger partial charge is 0.305 e. The summed E-state index contributed by atoms with van der Waals surface area (Å²) in [7, 11) is 1.57. The van der Waals surface area contributed by atoms with Gasteiger partial charge in [-0.25, -0.2) is 0 Å². The highest BCUT2D eigenvalue weighted by Gasteiger charge is 2.06. The lowest BCUT2D eigenvalue weighted by molar-refractivity contribution is -0.143. The number of hydrogen-bond donors (Lipinski definition) is 1. The summed E-state index contributed by atoms with van der Waals surface area (Å²) in [5.41, 5.74) is 0.814. The molecule has 0 atom stereocenters. The summed E-state index contributed by atoms with van der Waals surface area (Å²) in [6.07, 6.45) is 2.43. The van der Waals surface area contributed by atoms with Gasteiger partial charge in [-0.1, -0.05) is 0 Å². The molecule has 0 aliphatic carbocycles. The van der Waals surface area contributed by atoms with Crippen LogP contribution in [0.4, 0.5) is 0 Å². The van der Waals surface area contributed by atoms with E-state index in [0.29, 0.717) is 37.6 Å². The Morgan fingerprint density at radius 3 is 2.85 bits per heavy atom. The number of esters is 1. The van der Waals surface area contributed by atoms with Crippen molar-refractivity contribution in [2.24, 2.45) is 10.9 Å². The first-order chi connectivity index (χ1) is 9.71. The van der Waals surface area contributed by atoms with Crippen molar-refractivity contribution in [3.05, 3.63) is 23.8 Å². The van der Waals surface area contributed by atoms with E-state index in [1.54, 1.807) is 26.2 Å². The number of ether oxygens (including phenoxy) is 3. The Labute approximate surface area is 118 Å². The van der Waals surface area contributed by atoms with Gasteiger partial charge in [-0.3, -0.25) is 4.79 Å². The van der Waals surface area contributed by atoms with Crippen molar-refractivity contribution in [3.63, 3.8) is 0 Å². The Hall–Kier alpha value is -2.24. The summed E-state index contributed by atoms with van der Waals surface area (Å²) >= 11 is 0. The largest absolute Gasteiger partial charge is 0.493 e. The summed E-state index contributed by atoms with van der Waals surface area (Å²) in [6, 6.07) is 5.37. The molecule has 1 rings (SSSR count). The number of methoxy groups -OCH3 is 1. The molecule has 0 spiro atoms. The van der Waals surface area contributed by atoms with Crippen molar-refractivity contribution in [2.45, 2.75) is 19.8 Å². The van der Waals surface area contributed by atoms with Crippen LogP contribution in [0.15, 0.2) is 23.3 Å². The number of hydrazone groups is 1. The molecule has 0 aliphatic heterocycles. The summed E-state index contributed by atoms with van der Waals surface area (Å²) in [5.74, 6) is 6.11. The zero-order valence-electron chi connectivity index (χ0n) is 11.8. The molecule has 0 radical (unpaired) electrons. The Kier molecular flexibility index (Phi) is 6.95. The standard InChI is InChI=1S/C14H20N2O4/c1-3-19-14(17)5-4-8-20-13-9-11(10-16-15)6-7-12(13)18-2/h6-7,9-10H,3-5,8,15H2,1-2H3. The fraction of sp³-hybridized carbons (Fsp3) is 0.429. The molecule has 0 heterocycles. The molecule has 0 fully saturated rings. The quantitative estimate of drug-likeness (QED) is 0.258. The van der Waals surface area contributed by atoms with Crippen molar-refractivity contribution >= 4 is 12.2 Å². The first-order valence-corrected chi connectivity index (χ1v) is 6.41. The van der Waals surface area contributed by atoms with E-state index >= 15 is 0 Å². The molecule has 1 aromatic rings. The minimum Gasteiger partial charge on any atom is -0.493 e. The topological polar surface area (TPSA) is 83.1 Å². The average molecular weight is 280 g/mol. The maximum Gasteiger partial charge on any atom is 0.305 e. The second-order valence-electron chi connectivity index (χ2n) is 3.95. The highest BCUT2D eigenvalue weighted by Crippen LogP contribution is 2.27. The van der Waals surface area contributed by atoms with Crippen LogP contribution >= 0.6 is 0 Å². The number of rotatable bonds is 8. The van der Waals surface area contributed by atoms with Gasteiger partial charge >= 0.3 is 5.97 Å². The van der Waals surface area contributed by atoms with Crippen LogP contribution in [0.5, 0.6) is 11.5 Å². The Balaban J connectivity index is 2.53. The lowest BCUT2D eigenvalue weighted by atomic mass is 10.2. The molecule has 0 amide bonds. The summed E-state index contributed by atoms with van der Waals surface area (Å²) in [4.78, 5) is 11.2. The van der Waals surface area contributed by atoms with E-state index in [4.69, 9.17) is 20.1 Å². The van der Waals surface area contributed by atoms with Gasteiger partial charge in [-0.15, -0.1) is 0 Å².